The van der Waals surface area contributed by atoms with Gasteiger partial charge in [-0.05, 0) is 33.6 Å². The average molecular weight is 589 g/mol. The number of hydrogen-bond acceptors (Lipinski definition) is 6. The van der Waals surface area contributed by atoms with Gasteiger partial charge in [0.05, 0.1) is 0 Å². The first-order valence-electron chi connectivity index (χ1n) is 7.77. The quantitative estimate of drug-likeness (QED) is 0.180. The number of rotatable bonds is 8. The van der Waals surface area contributed by atoms with E-state index in [2.05, 4.69) is 19.7 Å². The standard InChI is InChI=1S/C6H14O3.3C4H6O2.Au/c7-3-1-2-6(4-8)5-9;3*1-3(2)4(5)6;/h6-9H,1-5H2;3*1H2,2H3,(H,5,6);. The fourth-order valence-corrected chi connectivity index (χ4v) is 0.620. The number of aliphatic hydroxyl groups excluding tert-OH is 3. The number of aliphatic hydroxyl groups is 3. The van der Waals surface area contributed by atoms with Gasteiger partial charge >= 0.3 is 17.9 Å². The van der Waals surface area contributed by atoms with Crippen molar-refractivity contribution >= 4 is 17.9 Å². The van der Waals surface area contributed by atoms with Gasteiger partial charge in [0.25, 0.3) is 0 Å². The SMILES string of the molecule is C=C(C)C(=O)O.C=C(C)C(=O)O.C=C(C)C(=O)O.OCCCC(CO)CO.[Au]. The minimum absolute atomic E-state index is 0. The van der Waals surface area contributed by atoms with Crippen molar-refractivity contribution < 1.29 is 67.4 Å². The topological polar surface area (TPSA) is 173 Å². The smallest absolute Gasteiger partial charge is 0.330 e. The van der Waals surface area contributed by atoms with Gasteiger partial charge < -0.3 is 30.6 Å². The Morgan fingerprint density at radius 3 is 1.04 bits per heavy atom. The van der Waals surface area contributed by atoms with E-state index in [0.29, 0.717) is 12.8 Å². The van der Waals surface area contributed by atoms with Crippen molar-refractivity contribution in [1.82, 2.24) is 0 Å². The van der Waals surface area contributed by atoms with E-state index in [-0.39, 0.29) is 64.8 Å². The summed E-state index contributed by atoms with van der Waals surface area (Å²) in [7, 11) is 0. The Morgan fingerprint density at radius 2 is 0.929 bits per heavy atom. The monoisotopic (exact) mass is 589 g/mol. The molecule has 1 radical (unpaired) electrons. The zero-order chi connectivity index (χ0) is 22.6. The summed E-state index contributed by atoms with van der Waals surface area (Å²) in [4.78, 5) is 28.8. The molecule has 0 aliphatic rings. The Hall–Kier alpha value is -1.75. The maximum Gasteiger partial charge on any atom is 0.330 e. The predicted octanol–water partition coefficient (Wildman–Crippen LogP) is 1.30. The van der Waals surface area contributed by atoms with E-state index < -0.39 is 17.9 Å². The average Bonchev–Trinajstić information content (AvgIpc) is 2.57. The molecule has 10 heteroatoms. The Bertz CT molecular complexity index is 390. The third-order valence-corrected chi connectivity index (χ3v) is 2.38. The summed E-state index contributed by atoms with van der Waals surface area (Å²) in [5.74, 6) is -2.85. The Morgan fingerprint density at radius 1 is 0.714 bits per heavy atom. The number of hydrogen-bond donors (Lipinski definition) is 6. The van der Waals surface area contributed by atoms with Gasteiger partial charge in [-0.25, -0.2) is 14.4 Å². The van der Waals surface area contributed by atoms with Crippen molar-refractivity contribution in [3.8, 4) is 0 Å². The molecule has 0 aromatic heterocycles. The summed E-state index contributed by atoms with van der Waals surface area (Å²) in [6.45, 7) is 14.0. The molecule has 0 amide bonds. The van der Waals surface area contributed by atoms with Gasteiger partial charge in [-0.3, -0.25) is 0 Å². The fraction of sp³-hybridized carbons (Fsp3) is 0.500. The van der Waals surface area contributed by atoms with Crippen LogP contribution in [0.3, 0.4) is 0 Å². The minimum atomic E-state index is -0.935. The van der Waals surface area contributed by atoms with Crippen LogP contribution in [0.1, 0.15) is 33.6 Å². The summed E-state index contributed by atoms with van der Waals surface area (Å²) in [6.07, 6.45) is 1.36. The molecule has 0 bridgehead atoms. The molecule has 0 fully saturated rings. The van der Waals surface area contributed by atoms with Crippen molar-refractivity contribution in [2.75, 3.05) is 19.8 Å². The first kappa shape index (κ1) is 37.1. The summed E-state index contributed by atoms with van der Waals surface area (Å²) < 4.78 is 0. The summed E-state index contributed by atoms with van der Waals surface area (Å²) in [5.41, 5.74) is 0.528. The molecule has 0 atom stereocenters. The van der Waals surface area contributed by atoms with E-state index in [1.54, 1.807) is 0 Å². The molecule has 169 valence electrons. The van der Waals surface area contributed by atoms with Crippen LogP contribution >= 0.6 is 0 Å². The van der Waals surface area contributed by atoms with E-state index in [1.807, 2.05) is 0 Å². The molecular formula is C18H32AuO9. The fourth-order valence-electron chi connectivity index (χ4n) is 0.620. The third kappa shape index (κ3) is 39.4. The van der Waals surface area contributed by atoms with E-state index in [9.17, 15) is 14.4 Å². The number of aliphatic carboxylic acids is 3. The Kier molecular flexibility index (Phi) is 33.4. The summed E-state index contributed by atoms with van der Waals surface area (Å²) >= 11 is 0. The molecular weight excluding hydrogens is 557 g/mol. The van der Waals surface area contributed by atoms with Gasteiger partial charge in [-0.1, -0.05) is 19.7 Å². The molecule has 0 aliphatic heterocycles. The maximum absolute atomic E-state index is 9.60. The maximum atomic E-state index is 9.60. The molecule has 0 unspecified atom stereocenters. The molecule has 0 aliphatic carbocycles. The molecule has 0 aromatic carbocycles. The van der Waals surface area contributed by atoms with E-state index in [0.717, 1.165) is 0 Å². The van der Waals surface area contributed by atoms with Crippen LogP contribution in [-0.2, 0) is 36.8 Å². The van der Waals surface area contributed by atoms with Crippen molar-refractivity contribution in [3.63, 3.8) is 0 Å². The van der Waals surface area contributed by atoms with Gasteiger partial charge in [0.15, 0.2) is 0 Å². The predicted molar refractivity (Wildman–Crippen MR) is 101 cm³/mol. The van der Waals surface area contributed by atoms with Gasteiger partial charge in [0.2, 0.25) is 0 Å². The van der Waals surface area contributed by atoms with Crippen LogP contribution in [0, 0.1) is 5.92 Å². The molecule has 0 aromatic rings. The largest absolute Gasteiger partial charge is 0.478 e. The Balaban J connectivity index is -0.0000000846. The zero-order valence-electron chi connectivity index (χ0n) is 16.4. The first-order chi connectivity index (χ1) is 12.3. The van der Waals surface area contributed by atoms with E-state index >= 15 is 0 Å². The molecule has 28 heavy (non-hydrogen) atoms. The minimum Gasteiger partial charge on any atom is -0.478 e. The molecule has 0 rings (SSSR count). The second-order valence-corrected chi connectivity index (χ2v) is 5.35. The van der Waals surface area contributed by atoms with Crippen LogP contribution in [-0.4, -0.2) is 68.4 Å². The second kappa shape index (κ2) is 25.3. The van der Waals surface area contributed by atoms with Crippen LogP contribution < -0.4 is 0 Å². The number of carbonyl (C=O) groups is 3. The van der Waals surface area contributed by atoms with Crippen molar-refractivity contribution in [2.45, 2.75) is 33.6 Å². The molecule has 9 nitrogen and oxygen atoms in total. The molecule has 6 N–H and O–H groups in total. The molecule has 0 saturated carbocycles. The normalized spacial score (nSPS) is 8.25. The second-order valence-electron chi connectivity index (χ2n) is 5.35. The van der Waals surface area contributed by atoms with Crippen LogP contribution in [0.5, 0.6) is 0 Å². The molecule has 0 saturated heterocycles. The van der Waals surface area contributed by atoms with Crippen molar-refractivity contribution in [2.24, 2.45) is 5.92 Å². The van der Waals surface area contributed by atoms with Crippen LogP contribution in [0.25, 0.3) is 0 Å². The zero-order valence-corrected chi connectivity index (χ0v) is 18.6. The summed E-state index contributed by atoms with van der Waals surface area (Å²) in [5, 5.41) is 49.0. The van der Waals surface area contributed by atoms with Gasteiger partial charge in [0, 0.05) is 64.8 Å². The van der Waals surface area contributed by atoms with E-state index in [4.69, 9.17) is 30.6 Å². The van der Waals surface area contributed by atoms with Crippen LogP contribution in [0.4, 0.5) is 0 Å². The van der Waals surface area contributed by atoms with Gasteiger partial charge in [-0.15, -0.1) is 0 Å². The van der Waals surface area contributed by atoms with Gasteiger partial charge in [0.1, 0.15) is 0 Å². The summed E-state index contributed by atoms with van der Waals surface area (Å²) in [6, 6.07) is 0. The van der Waals surface area contributed by atoms with E-state index in [1.165, 1.54) is 20.8 Å². The van der Waals surface area contributed by atoms with Crippen molar-refractivity contribution in [1.29, 1.82) is 0 Å². The van der Waals surface area contributed by atoms with Crippen molar-refractivity contribution in [3.05, 3.63) is 36.5 Å². The molecule has 0 spiro atoms. The Labute approximate surface area is 181 Å². The van der Waals surface area contributed by atoms with Crippen LogP contribution in [0.2, 0.25) is 0 Å². The number of carboxylic acid groups (broad SMARTS) is 3. The third-order valence-electron chi connectivity index (χ3n) is 2.38. The number of carboxylic acids is 3. The van der Waals surface area contributed by atoms with Gasteiger partial charge in [-0.2, -0.15) is 0 Å². The van der Waals surface area contributed by atoms with Crippen LogP contribution in [0.15, 0.2) is 36.5 Å². The first-order valence-corrected chi connectivity index (χ1v) is 7.77. The molecule has 0 heterocycles.